The Kier molecular flexibility index (Phi) is 5.37. The third kappa shape index (κ3) is 4.05. The van der Waals surface area contributed by atoms with Crippen LogP contribution < -0.4 is 5.32 Å². The van der Waals surface area contributed by atoms with Gasteiger partial charge in [0, 0.05) is 41.7 Å². The quantitative estimate of drug-likeness (QED) is 0.623. The predicted molar refractivity (Wildman–Crippen MR) is 109 cm³/mol. The van der Waals surface area contributed by atoms with E-state index < -0.39 is 4.92 Å². The second kappa shape index (κ2) is 7.93. The molecule has 0 aliphatic carbocycles. The lowest BCUT2D eigenvalue weighted by molar-refractivity contribution is -0.387. The molecule has 2 unspecified atom stereocenters. The second-order valence-electron chi connectivity index (χ2n) is 7.53. The molecule has 0 aromatic heterocycles. The zero-order valence-electron chi connectivity index (χ0n) is 15.8. The summed E-state index contributed by atoms with van der Waals surface area (Å²) in [4.78, 5) is 27.5. The predicted octanol–water partition coefficient (Wildman–Crippen LogP) is 4.02. The van der Waals surface area contributed by atoms with Gasteiger partial charge in [-0.1, -0.05) is 29.5 Å². The average molecular weight is 398 g/mol. The second-order valence-corrected chi connectivity index (χ2v) is 8.65. The first-order valence-corrected chi connectivity index (χ1v) is 10.4. The van der Waals surface area contributed by atoms with Gasteiger partial charge in [-0.15, -0.1) is 0 Å². The number of fused-ring (bicyclic) bond motifs is 2. The van der Waals surface area contributed by atoms with Crippen molar-refractivity contribution in [2.45, 2.75) is 48.1 Å². The maximum absolute atomic E-state index is 13.0. The normalized spacial score (nSPS) is 21.4. The molecule has 0 saturated carbocycles. The number of carbonyl (C=O) groups excluding carboxylic acids is 1. The van der Waals surface area contributed by atoms with Gasteiger partial charge in [-0.3, -0.25) is 14.9 Å². The molecule has 6 nitrogen and oxygen atoms in total. The zero-order chi connectivity index (χ0) is 19.7. The molecule has 2 atom stereocenters. The first kappa shape index (κ1) is 19.0. The van der Waals surface area contributed by atoms with Gasteiger partial charge in [0.2, 0.25) is 0 Å². The summed E-state index contributed by atoms with van der Waals surface area (Å²) in [5.74, 6) is -0.121. The van der Waals surface area contributed by atoms with Crippen LogP contribution in [-0.2, 0) is 0 Å². The van der Waals surface area contributed by atoms with Crippen LogP contribution in [0.3, 0.4) is 0 Å². The van der Waals surface area contributed by atoms with Crippen LogP contribution in [0.2, 0.25) is 0 Å². The number of amides is 1. The summed E-state index contributed by atoms with van der Waals surface area (Å²) in [6, 6.07) is 13.5. The molecule has 2 bridgehead atoms. The maximum Gasteiger partial charge on any atom is 0.284 e. The Bertz CT molecular complexity index is 900. The van der Waals surface area contributed by atoms with E-state index in [1.54, 1.807) is 12.1 Å². The Morgan fingerprint density at radius 2 is 1.89 bits per heavy atom. The van der Waals surface area contributed by atoms with Gasteiger partial charge >= 0.3 is 0 Å². The first-order valence-electron chi connectivity index (χ1n) is 9.58. The van der Waals surface area contributed by atoms with Crippen molar-refractivity contribution in [3.63, 3.8) is 0 Å². The van der Waals surface area contributed by atoms with Crippen LogP contribution in [0.5, 0.6) is 0 Å². The SMILES string of the molecule is Cc1ccc(Sc2ccc(C(=O)N3CCC4CCC(C3)N4)cc2[N+](=O)[O-])cc1. The van der Waals surface area contributed by atoms with Crippen molar-refractivity contribution >= 4 is 23.4 Å². The van der Waals surface area contributed by atoms with Gasteiger partial charge in [-0.2, -0.15) is 0 Å². The van der Waals surface area contributed by atoms with Crippen LogP contribution in [0, 0.1) is 17.0 Å². The molecule has 7 heteroatoms. The van der Waals surface area contributed by atoms with Crippen LogP contribution >= 0.6 is 11.8 Å². The Hall–Kier alpha value is -2.38. The van der Waals surface area contributed by atoms with Crippen molar-refractivity contribution in [1.82, 2.24) is 10.2 Å². The third-order valence-electron chi connectivity index (χ3n) is 5.46. The number of nitrogens with one attached hydrogen (secondary N) is 1. The average Bonchev–Trinajstić information content (AvgIpc) is 3.02. The van der Waals surface area contributed by atoms with E-state index in [1.165, 1.54) is 24.2 Å². The molecule has 1 amide bonds. The molecule has 2 aliphatic rings. The number of carbonyl (C=O) groups is 1. The van der Waals surface area contributed by atoms with Gasteiger partial charge in [0.25, 0.3) is 11.6 Å². The number of benzene rings is 2. The summed E-state index contributed by atoms with van der Waals surface area (Å²) in [6.07, 6.45) is 3.19. The van der Waals surface area contributed by atoms with Gasteiger partial charge < -0.3 is 10.2 Å². The van der Waals surface area contributed by atoms with E-state index in [1.807, 2.05) is 36.1 Å². The molecule has 2 heterocycles. The van der Waals surface area contributed by atoms with E-state index in [9.17, 15) is 14.9 Å². The highest BCUT2D eigenvalue weighted by atomic mass is 32.2. The number of nitro benzene ring substituents is 1. The summed E-state index contributed by atoms with van der Waals surface area (Å²) in [5.41, 5.74) is 1.50. The fraction of sp³-hybridized carbons (Fsp3) is 0.381. The van der Waals surface area contributed by atoms with Gasteiger partial charge in [0.05, 0.1) is 9.82 Å². The van der Waals surface area contributed by atoms with Gasteiger partial charge in [-0.05, 0) is 50.5 Å². The molecule has 0 radical (unpaired) electrons. The molecule has 1 N–H and O–H groups in total. The van der Waals surface area contributed by atoms with Crippen LogP contribution in [0.4, 0.5) is 5.69 Å². The summed E-state index contributed by atoms with van der Waals surface area (Å²) < 4.78 is 0. The highest BCUT2D eigenvalue weighted by Crippen LogP contribution is 2.36. The molecule has 146 valence electrons. The molecule has 2 aromatic rings. The van der Waals surface area contributed by atoms with Crippen LogP contribution in [-0.4, -0.2) is 40.9 Å². The summed E-state index contributed by atoms with van der Waals surface area (Å²) >= 11 is 1.34. The molecule has 2 aromatic carbocycles. The summed E-state index contributed by atoms with van der Waals surface area (Å²) in [7, 11) is 0. The lowest BCUT2D eigenvalue weighted by atomic mass is 10.1. The smallest absolute Gasteiger partial charge is 0.284 e. The highest BCUT2D eigenvalue weighted by Gasteiger charge is 2.32. The number of nitrogens with zero attached hydrogens (tertiary/aromatic N) is 2. The molecular formula is C21H23N3O3S. The minimum absolute atomic E-state index is 0.0223. The summed E-state index contributed by atoms with van der Waals surface area (Å²) in [5, 5.41) is 15.2. The van der Waals surface area contributed by atoms with Crippen LogP contribution in [0.15, 0.2) is 52.3 Å². The van der Waals surface area contributed by atoms with Crippen molar-refractivity contribution in [2.24, 2.45) is 0 Å². The van der Waals surface area contributed by atoms with Gasteiger partial charge in [0.15, 0.2) is 0 Å². The van der Waals surface area contributed by atoms with Crippen molar-refractivity contribution < 1.29 is 9.72 Å². The standard InChI is InChI=1S/C21H23N3O3S/c1-14-2-7-18(8-3-14)28-20-9-4-15(12-19(20)24(26)27)21(25)23-11-10-16-5-6-17(13-23)22-16/h2-4,7-9,12,16-17,22H,5-6,10-11,13H2,1H3. The molecule has 2 aliphatic heterocycles. The van der Waals surface area contributed by atoms with Gasteiger partial charge in [-0.25, -0.2) is 0 Å². The van der Waals surface area contributed by atoms with Crippen LogP contribution in [0.25, 0.3) is 0 Å². The highest BCUT2D eigenvalue weighted by molar-refractivity contribution is 7.99. The number of aryl methyl sites for hydroxylation is 1. The Balaban J connectivity index is 1.56. The Morgan fingerprint density at radius 3 is 2.64 bits per heavy atom. The third-order valence-corrected chi connectivity index (χ3v) is 6.53. The first-order chi connectivity index (χ1) is 13.5. The van der Waals surface area contributed by atoms with Crippen molar-refractivity contribution in [2.75, 3.05) is 13.1 Å². The van der Waals surface area contributed by atoms with Crippen molar-refractivity contribution in [3.05, 3.63) is 63.7 Å². The van der Waals surface area contributed by atoms with E-state index in [-0.39, 0.29) is 11.6 Å². The monoisotopic (exact) mass is 397 g/mol. The topological polar surface area (TPSA) is 75.5 Å². The minimum Gasteiger partial charge on any atom is -0.337 e. The van der Waals surface area contributed by atoms with E-state index in [4.69, 9.17) is 0 Å². The molecule has 2 saturated heterocycles. The van der Waals surface area contributed by atoms with E-state index in [2.05, 4.69) is 5.32 Å². The fourth-order valence-corrected chi connectivity index (χ4v) is 4.82. The number of nitro groups is 1. The Morgan fingerprint density at radius 1 is 1.14 bits per heavy atom. The number of likely N-dealkylation sites (tertiary alicyclic amines) is 1. The number of hydrogen-bond donors (Lipinski definition) is 1. The molecular weight excluding hydrogens is 374 g/mol. The van der Waals surface area contributed by atoms with Gasteiger partial charge in [0.1, 0.15) is 0 Å². The summed E-state index contributed by atoms with van der Waals surface area (Å²) in [6.45, 7) is 3.37. The Labute approximate surface area is 168 Å². The van der Waals surface area contributed by atoms with E-state index in [0.717, 1.165) is 23.3 Å². The zero-order valence-corrected chi connectivity index (χ0v) is 16.6. The largest absolute Gasteiger partial charge is 0.337 e. The lowest BCUT2D eigenvalue weighted by Crippen LogP contribution is -2.39. The molecule has 0 spiro atoms. The van der Waals surface area contributed by atoms with Crippen LogP contribution in [0.1, 0.15) is 35.2 Å². The lowest BCUT2D eigenvalue weighted by Gasteiger charge is -2.24. The number of rotatable bonds is 4. The maximum atomic E-state index is 13.0. The molecule has 2 fully saturated rings. The fourth-order valence-electron chi connectivity index (χ4n) is 3.92. The minimum atomic E-state index is -0.404. The van der Waals surface area contributed by atoms with E-state index >= 15 is 0 Å². The van der Waals surface area contributed by atoms with Crippen molar-refractivity contribution in [3.8, 4) is 0 Å². The van der Waals surface area contributed by atoms with Crippen molar-refractivity contribution in [1.29, 1.82) is 0 Å². The molecule has 4 rings (SSSR count). The molecule has 28 heavy (non-hydrogen) atoms. The van der Waals surface area contributed by atoms with E-state index in [0.29, 0.717) is 35.6 Å². The number of hydrogen-bond acceptors (Lipinski definition) is 5.